The second kappa shape index (κ2) is 8.11. The Labute approximate surface area is 160 Å². The summed E-state index contributed by atoms with van der Waals surface area (Å²) < 4.78 is 0. The van der Waals surface area contributed by atoms with Crippen molar-refractivity contribution in [3.8, 4) is 0 Å². The van der Waals surface area contributed by atoms with Crippen LogP contribution in [0, 0.1) is 13.8 Å². The summed E-state index contributed by atoms with van der Waals surface area (Å²) in [5.41, 5.74) is 4.25. The Kier molecular flexibility index (Phi) is 5.84. The summed E-state index contributed by atoms with van der Waals surface area (Å²) in [7, 11) is 0. The summed E-state index contributed by atoms with van der Waals surface area (Å²) in [4.78, 5) is 17.2. The monoisotopic (exact) mass is 371 g/mol. The molecule has 0 radical (unpaired) electrons. The molecule has 0 spiro atoms. The average Bonchev–Trinajstić information content (AvgIpc) is 2.64. The number of amides is 1. The molecule has 2 aromatic rings. The second-order valence-electron chi connectivity index (χ2n) is 6.96. The molecule has 2 aromatic carbocycles. The third kappa shape index (κ3) is 4.19. The van der Waals surface area contributed by atoms with E-state index in [-0.39, 0.29) is 11.9 Å². The van der Waals surface area contributed by atoms with Gasteiger partial charge in [-0.05, 0) is 44.5 Å². The van der Waals surface area contributed by atoms with Crippen molar-refractivity contribution in [2.24, 2.45) is 0 Å². The first-order valence-electron chi connectivity index (χ1n) is 9.07. The zero-order valence-electron chi connectivity index (χ0n) is 15.6. The number of carbonyl (C=O) groups excluding carboxylic acids is 1. The highest BCUT2D eigenvalue weighted by atomic mass is 35.5. The van der Waals surface area contributed by atoms with Crippen molar-refractivity contribution in [1.82, 2.24) is 4.90 Å². The molecule has 1 saturated heterocycles. The molecule has 0 bridgehead atoms. The first-order chi connectivity index (χ1) is 12.5. The van der Waals surface area contributed by atoms with Gasteiger partial charge >= 0.3 is 0 Å². The van der Waals surface area contributed by atoms with Gasteiger partial charge in [0.25, 0.3) is 0 Å². The number of carbonyl (C=O) groups is 1. The highest BCUT2D eigenvalue weighted by molar-refractivity contribution is 6.33. The number of piperazine rings is 1. The summed E-state index contributed by atoms with van der Waals surface area (Å²) in [6, 6.07) is 13.8. The maximum Gasteiger partial charge on any atom is 0.241 e. The molecule has 26 heavy (non-hydrogen) atoms. The fraction of sp³-hybridized carbons (Fsp3) is 0.381. The van der Waals surface area contributed by atoms with Crippen LogP contribution in [0.15, 0.2) is 42.5 Å². The van der Waals surface area contributed by atoms with Crippen LogP contribution in [-0.4, -0.2) is 43.0 Å². The predicted octanol–water partition coefficient (Wildman–Crippen LogP) is 4.11. The summed E-state index contributed by atoms with van der Waals surface area (Å²) in [5.74, 6) is 0.0446. The lowest BCUT2D eigenvalue weighted by Gasteiger charge is -2.38. The van der Waals surface area contributed by atoms with Crippen LogP contribution in [0.1, 0.15) is 18.1 Å². The Balaban J connectivity index is 1.58. The minimum absolute atomic E-state index is 0.0446. The average molecular weight is 372 g/mol. The minimum Gasteiger partial charge on any atom is -0.368 e. The van der Waals surface area contributed by atoms with Crippen LogP contribution in [0.3, 0.4) is 0 Å². The maximum absolute atomic E-state index is 12.7. The van der Waals surface area contributed by atoms with E-state index in [0.29, 0.717) is 0 Å². The molecule has 1 atom stereocenters. The van der Waals surface area contributed by atoms with Crippen molar-refractivity contribution < 1.29 is 4.79 Å². The van der Waals surface area contributed by atoms with E-state index >= 15 is 0 Å². The first kappa shape index (κ1) is 18.7. The van der Waals surface area contributed by atoms with Crippen molar-refractivity contribution in [2.75, 3.05) is 36.4 Å². The van der Waals surface area contributed by atoms with Crippen LogP contribution in [-0.2, 0) is 4.79 Å². The molecule has 1 aliphatic rings. The van der Waals surface area contributed by atoms with E-state index in [1.54, 1.807) is 0 Å². The highest BCUT2D eigenvalue weighted by Crippen LogP contribution is 2.26. The number of nitrogens with one attached hydrogen (secondary N) is 1. The van der Waals surface area contributed by atoms with E-state index in [1.807, 2.05) is 50.2 Å². The summed E-state index contributed by atoms with van der Waals surface area (Å²) >= 11 is 6.30. The van der Waals surface area contributed by atoms with Gasteiger partial charge in [-0.2, -0.15) is 0 Å². The van der Waals surface area contributed by atoms with E-state index in [2.05, 4.69) is 28.1 Å². The van der Waals surface area contributed by atoms with Crippen LogP contribution in [0.25, 0.3) is 0 Å². The minimum atomic E-state index is -0.163. The van der Waals surface area contributed by atoms with Gasteiger partial charge in [0.15, 0.2) is 0 Å². The van der Waals surface area contributed by atoms with Gasteiger partial charge in [0, 0.05) is 31.9 Å². The number of hydrogen-bond acceptors (Lipinski definition) is 3. The molecular weight excluding hydrogens is 346 g/mol. The second-order valence-corrected chi connectivity index (χ2v) is 7.37. The Hall–Kier alpha value is -2.04. The number of hydrogen-bond donors (Lipinski definition) is 1. The van der Waals surface area contributed by atoms with Gasteiger partial charge in [0.2, 0.25) is 5.91 Å². The largest absolute Gasteiger partial charge is 0.368 e. The molecule has 138 valence electrons. The van der Waals surface area contributed by atoms with Gasteiger partial charge in [0.1, 0.15) is 0 Å². The summed E-state index contributed by atoms with van der Waals surface area (Å²) in [6.07, 6.45) is 0. The zero-order chi connectivity index (χ0) is 18.7. The van der Waals surface area contributed by atoms with Crippen LogP contribution < -0.4 is 10.2 Å². The van der Waals surface area contributed by atoms with Crippen LogP contribution >= 0.6 is 11.6 Å². The van der Waals surface area contributed by atoms with Crippen LogP contribution in [0.5, 0.6) is 0 Å². The topological polar surface area (TPSA) is 35.6 Å². The zero-order valence-corrected chi connectivity index (χ0v) is 16.4. The molecule has 1 N–H and O–H groups in total. The quantitative estimate of drug-likeness (QED) is 0.878. The van der Waals surface area contributed by atoms with E-state index in [0.717, 1.165) is 48.1 Å². The molecule has 5 heteroatoms. The number of para-hydroxylation sites is 1. The molecule has 1 fully saturated rings. The van der Waals surface area contributed by atoms with Gasteiger partial charge in [-0.1, -0.05) is 41.4 Å². The molecule has 0 saturated carbocycles. The molecular formula is C21H26ClN3O. The lowest BCUT2D eigenvalue weighted by Crippen LogP contribution is -2.52. The van der Waals surface area contributed by atoms with Gasteiger partial charge in [-0.15, -0.1) is 0 Å². The maximum atomic E-state index is 12.7. The third-order valence-corrected chi connectivity index (χ3v) is 5.39. The third-order valence-electron chi connectivity index (χ3n) is 5.07. The highest BCUT2D eigenvalue weighted by Gasteiger charge is 2.26. The van der Waals surface area contributed by atoms with Gasteiger partial charge in [0.05, 0.1) is 16.8 Å². The molecule has 1 heterocycles. The fourth-order valence-electron chi connectivity index (χ4n) is 3.42. The molecule has 1 amide bonds. The number of rotatable bonds is 4. The van der Waals surface area contributed by atoms with Crippen molar-refractivity contribution >= 4 is 28.9 Å². The number of aryl methyl sites for hydroxylation is 2. The van der Waals surface area contributed by atoms with Crippen LogP contribution in [0.2, 0.25) is 5.02 Å². The fourth-order valence-corrected chi connectivity index (χ4v) is 3.67. The molecule has 4 nitrogen and oxygen atoms in total. The van der Waals surface area contributed by atoms with Gasteiger partial charge in [-0.25, -0.2) is 0 Å². The number of benzene rings is 2. The SMILES string of the molecule is Cc1ccc(NC(=O)C(C)N2CCN(c3ccccc3Cl)CC2)c(C)c1. The molecule has 1 aliphatic heterocycles. The van der Waals surface area contributed by atoms with Crippen molar-refractivity contribution in [3.63, 3.8) is 0 Å². The smallest absolute Gasteiger partial charge is 0.241 e. The van der Waals surface area contributed by atoms with Crippen molar-refractivity contribution in [3.05, 3.63) is 58.6 Å². The van der Waals surface area contributed by atoms with Crippen molar-refractivity contribution in [1.29, 1.82) is 0 Å². The van der Waals surface area contributed by atoms with Crippen molar-refractivity contribution in [2.45, 2.75) is 26.8 Å². The lowest BCUT2D eigenvalue weighted by molar-refractivity contribution is -0.120. The molecule has 0 aliphatic carbocycles. The Morgan fingerprint density at radius 2 is 1.77 bits per heavy atom. The van der Waals surface area contributed by atoms with E-state index < -0.39 is 0 Å². The predicted molar refractivity (Wildman–Crippen MR) is 109 cm³/mol. The molecule has 1 unspecified atom stereocenters. The Bertz CT molecular complexity index is 785. The number of halogens is 1. The van der Waals surface area contributed by atoms with E-state index in [4.69, 9.17) is 11.6 Å². The number of anilines is 2. The van der Waals surface area contributed by atoms with E-state index in [1.165, 1.54) is 5.56 Å². The molecule has 0 aromatic heterocycles. The molecule has 3 rings (SSSR count). The number of nitrogens with zero attached hydrogens (tertiary/aromatic N) is 2. The normalized spacial score (nSPS) is 16.4. The van der Waals surface area contributed by atoms with Crippen LogP contribution in [0.4, 0.5) is 11.4 Å². The van der Waals surface area contributed by atoms with E-state index in [9.17, 15) is 4.79 Å². The summed E-state index contributed by atoms with van der Waals surface area (Å²) in [5, 5.41) is 3.85. The summed E-state index contributed by atoms with van der Waals surface area (Å²) in [6.45, 7) is 9.47. The lowest BCUT2D eigenvalue weighted by atomic mass is 10.1. The van der Waals surface area contributed by atoms with Gasteiger partial charge < -0.3 is 10.2 Å². The Morgan fingerprint density at radius 3 is 2.42 bits per heavy atom. The first-order valence-corrected chi connectivity index (χ1v) is 9.45. The standard InChI is InChI=1S/C21H26ClN3O/c1-15-8-9-19(16(2)14-15)23-21(26)17(3)24-10-12-25(13-11-24)20-7-5-4-6-18(20)22/h4-9,14,17H,10-13H2,1-3H3,(H,23,26). The Morgan fingerprint density at radius 1 is 1.08 bits per heavy atom. The van der Waals surface area contributed by atoms with Gasteiger partial charge in [-0.3, -0.25) is 9.69 Å².